The van der Waals surface area contributed by atoms with Crippen LogP contribution < -0.4 is 9.62 Å². The van der Waals surface area contributed by atoms with E-state index in [4.69, 9.17) is 11.6 Å². The molecule has 0 saturated heterocycles. The van der Waals surface area contributed by atoms with E-state index >= 15 is 0 Å². The largest absolute Gasteiger partial charge is 0.354 e. The first kappa shape index (κ1) is 23.6. The lowest BCUT2D eigenvalue weighted by molar-refractivity contribution is -0.119. The van der Waals surface area contributed by atoms with Crippen molar-refractivity contribution in [1.82, 2.24) is 5.32 Å². The molecule has 1 N–H and O–H groups in total. The van der Waals surface area contributed by atoms with E-state index in [-0.39, 0.29) is 12.5 Å². The molecule has 0 spiro atoms. The van der Waals surface area contributed by atoms with Gasteiger partial charge in [0.05, 0.1) is 11.9 Å². The number of hydrogen-bond acceptors (Lipinski definition) is 4. The lowest BCUT2D eigenvalue weighted by atomic mass is 10.1. The smallest absolute Gasteiger partial charge is 0.240 e. The van der Waals surface area contributed by atoms with E-state index in [0.29, 0.717) is 22.8 Å². The van der Waals surface area contributed by atoms with Crippen molar-refractivity contribution >= 4 is 45.0 Å². The van der Waals surface area contributed by atoms with Crippen molar-refractivity contribution in [3.05, 3.63) is 64.2 Å². The Morgan fingerprint density at radius 3 is 2.55 bits per heavy atom. The zero-order valence-corrected chi connectivity index (χ0v) is 19.3. The zero-order valence-electron chi connectivity index (χ0n) is 16.9. The number of nitrogens with zero attached hydrogens (tertiary/aromatic N) is 1. The second-order valence-corrected chi connectivity index (χ2v) is 10.3. The van der Waals surface area contributed by atoms with Crippen LogP contribution in [0.25, 0.3) is 0 Å². The van der Waals surface area contributed by atoms with Gasteiger partial charge in [-0.1, -0.05) is 41.9 Å². The van der Waals surface area contributed by atoms with Crippen LogP contribution in [0.1, 0.15) is 23.1 Å². The summed E-state index contributed by atoms with van der Waals surface area (Å²) in [7, 11) is -3.62. The number of benzene rings is 2. The lowest BCUT2D eigenvalue weighted by Crippen LogP contribution is -2.41. The predicted octanol–water partition coefficient (Wildman–Crippen LogP) is 4.16. The molecule has 2 rings (SSSR count). The SMILES string of the molecule is Cc1ccccc1CSCCCNC(=O)CN(c1cccc(Cl)c1C)S(C)(=O)=O. The van der Waals surface area contributed by atoms with Crippen molar-refractivity contribution in [1.29, 1.82) is 0 Å². The average Bonchev–Trinajstić information content (AvgIpc) is 2.65. The number of amides is 1. The first-order valence-electron chi connectivity index (χ1n) is 9.32. The fourth-order valence-electron chi connectivity index (χ4n) is 2.79. The standard InChI is InChI=1S/C21H27ClN2O3S2/c1-16-8-4-5-9-18(16)15-28-13-7-12-23-21(25)14-24(29(3,26)27)20-11-6-10-19(22)17(20)2/h4-6,8-11H,7,12-15H2,1-3H3,(H,23,25). The van der Waals surface area contributed by atoms with Gasteiger partial charge >= 0.3 is 0 Å². The number of nitrogens with one attached hydrogen (secondary N) is 1. The van der Waals surface area contributed by atoms with Gasteiger partial charge in [-0.3, -0.25) is 9.10 Å². The third kappa shape index (κ3) is 7.24. The molecule has 0 unspecified atom stereocenters. The van der Waals surface area contributed by atoms with E-state index in [9.17, 15) is 13.2 Å². The Labute approximate surface area is 182 Å². The highest BCUT2D eigenvalue weighted by Crippen LogP contribution is 2.28. The summed E-state index contributed by atoms with van der Waals surface area (Å²) >= 11 is 7.92. The van der Waals surface area contributed by atoms with Crippen LogP contribution in [-0.4, -0.2) is 39.4 Å². The van der Waals surface area contributed by atoms with Crippen LogP contribution in [0, 0.1) is 13.8 Å². The molecule has 1 amide bonds. The van der Waals surface area contributed by atoms with Crippen molar-refractivity contribution in [3.8, 4) is 0 Å². The number of hydrogen-bond donors (Lipinski definition) is 1. The summed E-state index contributed by atoms with van der Waals surface area (Å²) in [6, 6.07) is 13.3. The maximum atomic E-state index is 12.3. The minimum atomic E-state index is -3.62. The Balaban J connectivity index is 1.82. The van der Waals surface area contributed by atoms with Crippen LogP contribution in [0.4, 0.5) is 5.69 Å². The molecule has 2 aromatic rings. The highest BCUT2D eigenvalue weighted by atomic mass is 35.5. The highest BCUT2D eigenvalue weighted by Gasteiger charge is 2.22. The van der Waals surface area contributed by atoms with Crippen LogP contribution >= 0.6 is 23.4 Å². The second-order valence-electron chi connectivity index (χ2n) is 6.84. The Morgan fingerprint density at radius 2 is 1.86 bits per heavy atom. The first-order chi connectivity index (χ1) is 13.7. The molecule has 0 fully saturated rings. The monoisotopic (exact) mass is 454 g/mol. The van der Waals surface area contributed by atoms with E-state index in [0.717, 1.165) is 28.5 Å². The van der Waals surface area contributed by atoms with E-state index in [1.54, 1.807) is 25.1 Å². The van der Waals surface area contributed by atoms with Crippen molar-refractivity contribution in [3.63, 3.8) is 0 Å². The Morgan fingerprint density at radius 1 is 1.14 bits per heavy atom. The highest BCUT2D eigenvalue weighted by molar-refractivity contribution is 7.98. The fourth-order valence-corrected chi connectivity index (χ4v) is 4.90. The maximum absolute atomic E-state index is 12.3. The van der Waals surface area contributed by atoms with Crippen molar-refractivity contribution in [2.75, 3.05) is 29.4 Å². The van der Waals surface area contributed by atoms with Gasteiger partial charge in [0.25, 0.3) is 0 Å². The lowest BCUT2D eigenvalue weighted by Gasteiger charge is -2.24. The molecule has 0 bridgehead atoms. The van der Waals surface area contributed by atoms with Gasteiger partial charge in [0.1, 0.15) is 6.54 Å². The Kier molecular flexibility index (Phi) is 8.86. The molecule has 0 aliphatic heterocycles. The third-order valence-corrected chi connectivity index (χ3v) is 7.13. The number of carbonyl (C=O) groups excluding carboxylic acids is 1. The summed E-state index contributed by atoms with van der Waals surface area (Å²) in [4.78, 5) is 12.3. The number of halogens is 1. The summed E-state index contributed by atoms with van der Waals surface area (Å²) in [5, 5.41) is 3.27. The summed E-state index contributed by atoms with van der Waals surface area (Å²) in [5.41, 5.74) is 3.65. The van der Waals surface area contributed by atoms with Gasteiger partial charge in [0.2, 0.25) is 15.9 Å². The number of anilines is 1. The molecular weight excluding hydrogens is 428 g/mol. The Hall–Kier alpha value is -1.70. The average molecular weight is 455 g/mol. The minimum Gasteiger partial charge on any atom is -0.354 e. The summed E-state index contributed by atoms with van der Waals surface area (Å²) in [5.74, 6) is 1.52. The van der Waals surface area contributed by atoms with Gasteiger partial charge in [-0.25, -0.2) is 8.42 Å². The molecule has 0 heterocycles. The normalized spacial score (nSPS) is 11.3. The molecule has 0 aliphatic carbocycles. The second kappa shape index (κ2) is 10.9. The molecule has 29 heavy (non-hydrogen) atoms. The summed E-state index contributed by atoms with van der Waals surface area (Å²) in [6.07, 6.45) is 1.90. The van der Waals surface area contributed by atoms with Crippen LogP contribution in [0.15, 0.2) is 42.5 Å². The molecule has 2 aromatic carbocycles. The minimum absolute atomic E-state index is 0.267. The first-order valence-corrected chi connectivity index (χ1v) is 12.7. The Bertz CT molecular complexity index is 949. The van der Waals surface area contributed by atoms with Crippen LogP contribution in [-0.2, 0) is 20.6 Å². The number of aryl methyl sites for hydroxylation is 1. The van der Waals surface area contributed by atoms with E-state index < -0.39 is 10.0 Å². The molecule has 0 aliphatic rings. The molecule has 0 radical (unpaired) electrons. The van der Waals surface area contributed by atoms with Gasteiger partial charge in [-0.15, -0.1) is 0 Å². The van der Waals surface area contributed by atoms with E-state index in [1.165, 1.54) is 11.1 Å². The topological polar surface area (TPSA) is 66.5 Å². The molecule has 0 atom stereocenters. The zero-order chi connectivity index (χ0) is 21.4. The fraction of sp³-hybridized carbons (Fsp3) is 0.381. The number of sulfonamides is 1. The number of rotatable bonds is 10. The van der Waals surface area contributed by atoms with Gasteiger partial charge < -0.3 is 5.32 Å². The van der Waals surface area contributed by atoms with Crippen LogP contribution in [0.5, 0.6) is 0 Å². The van der Waals surface area contributed by atoms with Crippen LogP contribution in [0.2, 0.25) is 5.02 Å². The number of thioether (sulfide) groups is 1. The van der Waals surface area contributed by atoms with E-state index in [1.807, 2.05) is 23.9 Å². The molecule has 8 heteroatoms. The predicted molar refractivity (Wildman–Crippen MR) is 123 cm³/mol. The quantitative estimate of drug-likeness (QED) is 0.547. The molecule has 5 nitrogen and oxygen atoms in total. The van der Waals surface area contributed by atoms with Crippen molar-refractivity contribution < 1.29 is 13.2 Å². The molecule has 158 valence electrons. The van der Waals surface area contributed by atoms with Crippen LogP contribution in [0.3, 0.4) is 0 Å². The van der Waals surface area contributed by atoms with Crippen molar-refractivity contribution in [2.45, 2.75) is 26.0 Å². The van der Waals surface area contributed by atoms with Gasteiger partial charge in [-0.05, 0) is 54.8 Å². The third-order valence-electron chi connectivity index (χ3n) is 4.50. The molecular formula is C21H27ClN2O3S2. The summed E-state index contributed by atoms with van der Waals surface area (Å²) < 4.78 is 25.5. The molecule has 0 saturated carbocycles. The van der Waals surface area contributed by atoms with Gasteiger partial charge in [0.15, 0.2) is 0 Å². The summed E-state index contributed by atoms with van der Waals surface area (Å²) in [6.45, 7) is 4.08. The van der Waals surface area contributed by atoms with Crippen molar-refractivity contribution in [2.24, 2.45) is 0 Å². The van der Waals surface area contributed by atoms with E-state index in [2.05, 4.69) is 24.4 Å². The molecule has 0 aromatic heterocycles. The van der Waals surface area contributed by atoms with Gasteiger partial charge in [-0.2, -0.15) is 11.8 Å². The maximum Gasteiger partial charge on any atom is 0.240 e. The van der Waals surface area contributed by atoms with Gasteiger partial charge in [0, 0.05) is 17.3 Å². The number of carbonyl (C=O) groups is 1.